The number of hydrogen-bond donors (Lipinski definition) is 2. The Morgan fingerprint density at radius 1 is 1.17 bits per heavy atom. The molecule has 0 unspecified atom stereocenters. The number of rotatable bonds is 4. The van der Waals surface area contributed by atoms with Crippen molar-refractivity contribution in [3.63, 3.8) is 0 Å². The maximum atomic E-state index is 11.1. The molecule has 3 rings (SSSR count). The summed E-state index contributed by atoms with van der Waals surface area (Å²) < 4.78 is 0. The highest BCUT2D eigenvalue weighted by molar-refractivity contribution is 5.70. The van der Waals surface area contributed by atoms with Crippen molar-refractivity contribution in [2.75, 3.05) is 23.3 Å². The number of aliphatic carboxylic acids is 1. The number of nitrogens with one attached hydrogen (secondary N) is 1. The Hall–Kier alpha value is -1.85. The number of nitrogens with zero attached hydrogens (tertiary/aromatic N) is 3. The number of carboxylic acid groups (broad SMARTS) is 1. The number of hydrogen-bond acceptors (Lipinski definition) is 5. The van der Waals surface area contributed by atoms with Crippen LogP contribution in [0.25, 0.3) is 0 Å². The summed E-state index contributed by atoms with van der Waals surface area (Å²) in [6.07, 6.45) is 7.71. The molecule has 1 saturated carbocycles. The van der Waals surface area contributed by atoms with Crippen molar-refractivity contribution in [2.45, 2.75) is 57.9 Å². The molecule has 6 heteroatoms. The third-order valence-corrected chi connectivity index (χ3v) is 4.95. The Kier molecular flexibility index (Phi) is 4.98. The normalized spacial score (nSPS) is 20.5. The predicted octanol–water partition coefficient (Wildman–Crippen LogP) is 2.83. The molecule has 1 saturated heterocycles. The topological polar surface area (TPSA) is 78.4 Å². The first-order valence-electron chi connectivity index (χ1n) is 8.72. The predicted molar refractivity (Wildman–Crippen MR) is 89.8 cm³/mol. The number of piperidine rings is 1. The van der Waals surface area contributed by atoms with Crippen LogP contribution in [0.2, 0.25) is 0 Å². The van der Waals surface area contributed by atoms with Crippen LogP contribution in [0.3, 0.4) is 0 Å². The molecule has 0 amide bonds. The van der Waals surface area contributed by atoms with Gasteiger partial charge in [-0.3, -0.25) is 4.79 Å². The van der Waals surface area contributed by atoms with Gasteiger partial charge in [-0.15, -0.1) is 0 Å². The first-order chi connectivity index (χ1) is 11.1. The Morgan fingerprint density at radius 2 is 1.87 bits per heavy atom. The highest BCUT2D eigenvalue weighted by Gasteiger charge is 2.25. The molecule has 1 aliphatic heterocycles. The van der Waals surface area contributed by atoms with E-state index in [1.165, 1.54) is 32.1 Å². The minimum atomic E-state index is -0.678. The van der Waals surface area contributed by atoms with Crippen molar-refractivity contribution in [3.8, 4) is 0 Å². The van der Waals surface area contributed by atoms with Gasteiger partial charge in [0, 0.05) is 25.2 Å². The van der Waals surface area contributed by atoms with Crippen LogP contribution in [-0.2, 0) is 4.79 Å². The van der Waals surface area contributed by atoms with E-state index in [9.17, 15) is 4.79 Å². The summed E-state index contributed by atoms with van der Waals surface area (Å²) in [6.45, 7) is 3.41. The summed E-state index contributed by atoms with van der Waals surface area (Å²) in [5, 5.41) is 12.7. The van der Waals surface area contributed by atoms with Gasteiger partial charge in [-0.2, -0.15) is 0 Å². The summed E-state index contributed by atoms with van der Waals surface area (Å²) in [6, 6.07) is 2.53. The van der Waals surface area contributed by atoms with E-state index >= 15 is 0 Å². The summed E-state index contributed by atoms with van der Waals surface area (Å²) in [5.41, 5.74) is 0. The van der Waals surface area contributed by atoms with Gasteiger partial charge in [-0.25, -0.2) is 9.97 Å². The molecule has 1 aromatic rings. The van der Waals surface area contributed by atoms with Crippen LogP contribution in [-0.4, -0.2) is 40.2 Å². The van der Waals surface area contributed by atoms with E-state index in [-0.39, 0.29) is 5.92 Å². The zero-order chi connectivity index (χ0) is 16.2. The monoisotopic (exact) mass is 318 g/mol. The maximum absolute atomic E-state index is 11.1. The molecule has 1 aliphatic carbocycles. The minimum Gasteiger partial charge on any atom is -0.481 e. The molecule has 0 bridgehead atoms. The quantitative estimate of drug-likeness (QED) is 0.889. The van der Waals surface area contributed by atoms with E-state index in [4.69, 9.17) is 5.11 Å². The highest BCUT2D eigenvalue weighted by Crippen LogP contribution is 2.25. The van der Waals surface area contributed by atoms with Gasteiger partial charge in [-0.05, 0) is 32.6 Å². The van der Waals surface area contributed by atoms with Crippen molar-refractivity contribution in [2.24, 2.45) is 5.92 Å². The van der Waals surface area contributed by atoms with Gasteiger partial charge >= 0.3 is 5.97 Å². The van der Waals surface area contributed by atoms with Gasteiger partial charge in [0.1, 0.15) is 17.5 Å². The Bertz CT molecular complexity index is 550. The molecule has 2 fully saturated rings. The second-order valence-corrected chi connectivity index (χ2v) is 6.74. The van der Waals surface area contributed by atoms with Gasteiger partial charge in [-0.1, -0.05) is 19.3 Å². The number of carboxylic acids is 1. The number of aromatic nitrogens is 2. The van der Waals surface area contributed by atoms with E-state index < -0.39 is 5.97 Å². The Balaban J connectivity index is 1.66. The molecule has 6 nitrogen and oxygen atoms in total. The van der Waals surface area contributed by atoms with Crippen LogP contribution in [0.5, 0.6) is 0 Å². The SMILES string of the molecule is Cc1nc(NC2CCCCC2)cc(N2CCC(C(=O)O)CC2)n1. The molecule has 2 heterocycles. The van der Waals surface area contributed by atoms with Crippen molar-refractivity contribution in [1.82, 2.24) is 9.97 Å². The van der Waals surface area contributed by atoms with E-state index in [0.29, 0.717) is 18.9 Å². The minimum absolute atomic E-state index is 0.214. The van der Waals surface area contributed by atoms with Crippen LogP contribution in [0, 0.1) is 12.8 Å². The fourth-order valence-corrected chi connectivity index (χ4v) is 3.60. The second-order valence-electron chi connectivity index (χ2n) is 6.74. The lowest BCUT2D eigenvalue weighted by Gasteiger charge is -2.31. The van der Waals surface area contributed by atoms with E-state index in [2.05, 4.69) is 20.2 Å². The van der Waals surface area contributed by atoms with Gasteiger partial charge < -0.3 is 15.3 Å². The highest BCUT2D eigenvalue weighted by atomic mass is 16.4. The fraction of sp³-hybridized carbons (Fsp3) is 0.706. The lowest BCUT2D eigenvalue weighted by molar-refractivity contribution is -0.142. The van der Waals surface area contributed by atoms with Crippen LogP contribution in [0.15, 0.2) is 6.07 Å². The first-order valence-corrected chi connectivity index (χ1v) is 8.72. The van der Waals surface area contributed by atoms with E-state index in [0.717, 1.165) is 30.5 Å². The van der Waals surface area contributed by atoms with Crippen molar-refractivity contribution < 1.29 is 9.90 Å². The second kappa shape index (κ2) is 7.15. The van der Waals surface area contributed by atoms with Crippen molar-refractivity contribution in [3.05, 3.63) is 11.9 Å². The van der Waals surface area contributed by atoms with Gasteiger partial charge in [0.2, 0.25) is 0 Å². The summed E-state index contributed by atoms with van der Waals surface area (Å²) in [7, 11) is 0. The van der Waals surface area contributed by atoms with Crippen molar-refractivity contribution >= 4 is 17.6 Å². The maximum Gasteiger partial charge on any atom is 0.306 e. The number of anilines is 2. The average Bonchev–Trinajstić information content (AvgIpc) is 2.55. The van der Waals surface area contributed by atoms with Crippen LogP contribution < -0.4 is 10.2 Å². The molecule has 126 valence electrons. The van der Waals surface area contributed by atoms with Gasteiger partial charge in [0.25, 0.3) is 0 Å². The van der Waals surface area contributed by atoms with Gasteiger partial charge in [0.05, 0.1) is 5.92 Å². The third kappa shape index (κ3) is 4.12. The lowest BCUT2D eigenvalue weighted by Crippen LogP contribution is -2.37. The third-order valence-electron chi connectivity index (χ3n) is 4.95. The zero-order valence-electron chi connectivity index (χ0n) is 13.8. The standard InChI is InChI=1S/C17H26N4O2/c1-12-18-15(20-14-5-3-2-4-6-14)11-16(19-12)21-9-7-13(8-10-21)17(22)23/h11,13-14H,2-10H2,1H3,(H,22,23)(H,18,19,20). The average molecular weight is 318 g/mol. The van der Waals surface area contributed by atoms with Crippen LogP contribution in [0.1, 0.15) is 50.8 Å². The summed E-state index contributed by atoms with van der Waals surface area (Å²) >= 11 is 0. The molecular weight excluding hydrogens is 292 g/mol. The van der Waals surface area contributed by atoms with Crippen LogP contribution in [0.4, 0.5) is 11.6 Å². The molecule has 2 N–H and O–H groups in total. The van der Waals surface area contributed by atoms with E-state index in [1.807, 2.05) is 13.0 Å². The number of aryl methyl sites for hydroxylation is 1. The van der Waals surface area contributed by atoms with Crippen LogP contribution >= 0.6 is 0 Å². The van der Waals surface area contributed by atoms with Gasteiger partial charge in [0.15, 0.2) is 0 Å². The smallest absolute Gasteiger partial charge is 0.306 e. The molecule has 0 atom stereocenters. The molecule has 0 aromatic carbocycles. The van der Waals surface area contributed by atoms with Crippen molar-refractivity contribution in [1.29, 1.82) is 0 Å². The summed E-state index contributed by atoms with van der Waals surface area (Å²) in [5.74, 6) is 1.69. The Labute approximate surface area is 137 Å². The van der Waals surface area contributed by atoms with E-state index in [1.54, 1.807) is 0 Å². The molecule has 23 heavy (non-hydrogen) atoms. The number of carbonyl (C=O) groups is 1. The molecule has 2 aliphatic rings. The summed E-state index contributed by atoms with van der Waals surface area (Å²) in [4.78, 5) is 22.3. The molecule has 1 aromatic heterocycles. The molecule has 0 radical (unpaired) electrons. The first kappa shape index (κ1) is 16.0. The fourth-order valence-electron chi connectivity index (χ4n) is 3.60. The zero-order valence-corrected chi connectivity index (χ0v) is 13.8. The largest absolute Gasteiger partial charge is 0.481 e. The Morgan fingerprint density at radius 3 is 2.52 bits per heavy atom. The molecule has 0 spiro atoms. The lowest BCUT2D eigenvalue weighted by atomic mass is 9.95. The molecular formula is C17H26N4O2.